The lowest BCUT2D eigenvalue weighted by Crippen LogP contribution is -2.24. The number of carbonyl (C=O) groups excluding carboxylic acids is 1. The summed E-state index contributed by atoms with van der Waals surface area (Å²) in [6.45, 7) is 0. The molecule has 2 aromatic rings. The quantitative estimate of drug-likeness (QED) is 0.606. The first-order valence-electron chi connectivity index (χ1n) is 5.07. The van der Waals surface area contributed by atoms with Crippen LogP contribution in [0.1, 0.15) is 5.56 Å². The standard InChI is InChI=1S/C12H12N4O/c13-12(17)15-14-9-10-4-3-5-11(8-10)16-6-1-2-7-16/h1-9H,(H3,13,15,17). The third-order valence-electron chi connectivity index (χ3n) is 2.16. The molecular formula is C12H12N4O. The Labute approximate surface area is 98.6 Å². The molecule has 0 bridgehead atoms. The molecule has 5 heteroatoms. The lowest BCUT2D eigenvalue weighted by Gasteiger charge is -2.03. The zero-order valence-electron chi connectivity index (χ0n) is 9.08. The fraction of sp³-hybridized carbons (Fsp3) is 0. The first-order chi connectivity index (χ1) is 8.25. The molecule has 0 spiro atoms. The van der Waals surface area contributed by atoms with E-state index in [-0.39, 0.29) is 0 Å². The van der Waals surface area contributed by atoms with E-state index in [4.69, 9.17) is 5.73 Å². The molecule has 0 radical (unpaired) electrons. The summed E-state index contributed by atoms with van der Waals surface area (Å²) in [6, 6.07) is 11.0. The fourth-order valence-corrected chi connectivity index (χ4v) is 1.44. The molecule has 2 amide bonds. The van der Waals surface area contributed by atoms with Gasteiger partial charge in [0, 0.05) is 18.1 Å². The van der Waals surface area contributed by atoms with Crippen molar-refractivity contribution in [1.82, 2.24) is 9.99 Å². The van der Waals surface area contributed by atoms with E-state index in [2.05, 4.69) is 10.5 Å². The number of carbonyl (C=O) groups is 1. The molecule has 0 aliphatic rings. The molecule has 5 nitrogen and oxygen atoms in total. The molecular weight excluding hydrogens is 216 g/mol. The Morgan fingerprint density at radius 3 is 2.76 bits per heavy atom. The molecule has 0 saturated heterocycles. The molecule has 17 heavy (non-hydrogen) atoms. The van der Waals surface area contributed by atoms with Crippen molar-refractivity contribution in [3.8, 4) is 5.69 Å². The van der Waals surface area contributed by atoms with E-state index >= 15 is 0 Å². The highest BCUT2D eigenvalue weighted by molar-refractivity contribution is 5.82. The van der Waals surface area contributed by atoms with Gasteiger partial charge in [-0.3, -0.25) is 0 Å². The van der Waals surface area contributed by atoms with Crippen LogP contribution < -0.4 is 11.2 Å². The number of amides is 2. The minimum absolute atomic E-state index is 0.678. The number of hydrazone groups is 1. The van der Waals surface area contributed by atoms with Crippen molar-refractivity contribution in [1.29, 1.82) is 0 Å². The highest BCUT2D eigenvalue weighted by Gasteiger charge is 1.95. The van der Waals surface area contributed by atoms with Gasteiger partial charge in [-0.1, -0.05) is 12.1 Å². The molecule has 0 aliphatic heterocycles. The van der Waals surface area contributed by atoms with E-state index in [0.29, 0.717) is 0 Å². The van der Waals surface area contributed by atoms with Gasteiger partial charge in [0.25, 0.3) is 0 Å². The van der Waals surface area contributed by atoms with E-state index in [1.807, 2.05) is 53.4 Å². The predicted octanol–water partition coefficient (Wildman–Crippen LogP) is 1.48. The smallest absolute Gasteiger partial charge is 0.332 e. The lowest BCUT2D eigenvalue weighted by atomic mass is 10.2. The average molecular weight is 228 g/mol. The van der Waals surface area contributed by atoms with E-state index in [0.717, 1.165) is 11.3 Å². The fourth-order valence-electron chi connectivity index (χ4n) is 1.44. The van der Waals surface area contributed by atoms with Crippen LogP contribution in [0, 0.1) is 0 Å². The van der Waals surface area contributed by atoms with Crippen LogP contribution in [0.15, 0.2) is 53.9 Å². The number of nitrogens with one attached hydrogen (secondary N) is 1. The van der Waals surface area contributed by atoms with Crippen molar-refractivity contribution in [2.45, 2.75) is 0 Å². The summed E-state index contributed by atoms with van der Waals surface area (Å²) in [5.74, 6) is 0. The van der Waals surface area contributed by atoms with Gasteiger partial charge in [0.15, 0.2) is 0 Å². The second-order valence-electron chi connectivity index (χ2n) is 3.42. The molecule has 0 unspecified atom stereocenters. The van der Waals surface area contributed by atoms with Crippen molar-refractivity contribution >= 4 is 12.2 Å². The molecule has 1 aromatic carbocycles. The number of urea groups is 1. The Hall–Kier alpha value is -2.56. The van der Waals surface area contributed by atoms with Gasteiger partial charge in [-0.25, -0.2) is 10.2 Å². The van der Waals surface area contributed by atoms with Crippen LogP contribution in [0.4, 0.5) is 4.79 Å². The minimum Gasteiger partial charge on any atom is -0.350 e. The third-order valence-corrected chi connectivity index (χ3v) is 2.16. The Morgan fingerprint density at radius 2 is 2.06 bits per heavy atom. The first kappa shape index (κ1) is 10.9. The van der Waals surface area contributed by atoms with Crippen LogP contribution in [0.25, 0.3) is 5.69 Å². The topological polar surface area (TPSA) is 72.4 Å². The van der Waals surface area contributed by atoms with E-state index in [9.17, 15) is 4.79 Å². The Morgan fingerprint density at radius 1 is 1.29 bits per heavy atom. The van der Waals surface area contributed by atoms with Gasteiger partial charge in [0.2, 0.25) is 0 Å². The average Bonchev–Trinajstić information content (AvgIpc) is 2.82. The molecule has 1 heterocycles. The van der Waals surface area contributed by atoms with Gasteiger partial charge in [0.05, 0.1) is 6.21 Å². The number of hydrogen-bond donors (Lipinski definition) is 2. The second-order valence-corrected chi connectivity index (χ2v) is 3.42. The lowest BCUT2D eigenvalue weighted by molar-refractivity contribution is 0.249. The Balaban J connectivity index is 2.17. The molecule has 1 aromatic heterocycles. The zero-order valence-corrected chi connectivity index (χ0v) is 9.08. The van der Waals surface area contributed by atoms with Crippen molar-refractivity contribution in [3.63, 3.8) is 0 Å². The summed E-state index contributed by atoms with van der Waals surface area (Å²) in [6.07, 6.45) is 5.45. The van der Waals surface area contributed by atoms with E-state index in [1.54, 1.807) is 0 Å². The summed E-state index contributed by atoms with van der Waals surface area (Å²) in [5.41, 5.74) is 8.95. The van der Waals surface area contributed by atoms with Crippen molar-refractivity contribution < 1.29 is 4.79 Å². The Kier molecular flexibility index (Phi) is 3.20. The third kappa shape index (κ3) is 2.94. The van der Waals surface area contributed by atoms with Gasteiger partial charge < -0.3 is 10.3 Å². The van der Waals surface area contributed by atoms with Crippen LogP contribution >= 0.6 is 0 Å². The van der Waals surface area contributed by atoms with Crippen LogP contribution in [-0.2, 0) is 0 Å². The summed E-state index contributed by atoms with van der Waals surface area (Å²) in [7, 11) is 0. The largest absolute Gasteiger partial charge is 0.350 e. The number of aromatic nitrogens is 1. The van der Waals surface area contributed by atoms with E-state index in [1.165, 1.54) is 6.21 Å². The van der Waals surface area contributed by atoms with Crippen molar-refractivity contribution in [3.05, 3.63) is 54.4 Å². The molecule has 0 aliphatic carbocycles. The number of benzene rings is 1. The van der Waals surface area contributed by atoms with Gasteiger partial charge in [-0.05, 0) is 29.8 Å². The minimum atomic E-state index is -0.678. The number of nitrogens with zero attached hydrogens (tertiary/aromatic N) is 2. The Bertz CT molecular complexity index is 531. The summed E-state index contributed by atoms with van der Waals surface area (Å²) < 4.78 is 1.98. The summed E-state index contributed by atoms with van der Waals surface area (Å²) in [4.78, 5) is 10.4. The summed E-state index contributed by atoms with van der Waals surface area (Å²) in [5, 5.41) is 3.70. The molecule has 86 valence electrons. The predicted molar refractivity (Wildman–Crippen MR) is 66.1 cm³/mol. The maximum atomic E-state index is 10.4. The normalized spacial score (nSPS) is 10.6. The van der Waals surface area contributed by atoms with Gasteiger partial charge in [0.1, 0.15) is 0 Å². The van der Waals surface area contributed by atoms with Gasteiger partial charge in [-0.2, -0.15) is 5.10 Å². The van der Waals surface area contributed by atoms with E-state index < -0.39 is 6.03 Å². The number of rotatable bonds is 3. The number of nitrogens with two attached hydrogens (primary N) is 1. The van der Waals surface area contributed by atoms with Crippen LogP contribution in [0.5, 0.6) is 0 Å². The summed E-state index contributed by atoms with van der Waals surface area (Å²) >= 11 is 0. The molecule has 2 rings (SSSR count). The van der Waals surface area contributed by atoms with Gasteiger partial charge >= 0.3 is 6.03 Å². The van der Waals surface area contributed by atoms with Crippen LogP contribution in [0.2, 0.25) is 0 Å². The van der Waals surface area contributed by atoms with Crippen molar-refractivity contribution in [2.24, 2.45) is 10.8 Å². The monoisotopic (exact) mass is 228 g/mol. The SMILES string of the molecule is NC(=O)NN=Cc1cccc(-n2cccc2)c1. The number of hydrogen-bond acceptors (Lipinski definition) is 2. The number of primary amides is 1. The van der Waals surface area contributed by atoms with Crippen LogP contribution in [-0.4, -0.2) is 16.8 Å². The molecule has 0 saturated carbocycles. The highest BCUT2D eigenvalue weighted by Crippen LogP contribution is 2.09. The first-order valence-corrected chi connectivity index (χ1v) is 5.07. The molecule has 3 N–H and O–H groups in total. The second kappa shape index (κ2) is 4.98. The highest BCUT2D eigenvalue weighted by atomic mass is 16.2. The van der Waals surface area contributed by atoms with Gasteiger partial charge in [-0.15, -0.1) is 0 Å². The zero-order chi connectivity index (χ0) is 12.1. The molecule has 0 fully saturated rings. The van der Waals surface area contributed by atoms with Crippen LogP contribution in [0.3, 0.4) is 0 Å². The maximum Gasteiger partial charge on any atom is 0.332 e. The molecule has 0 atom stereocenters. The maximum absolute atomic E-state index is 10.4. The van der Waals surface area contributed by atoms with Crippen molar-refractivity contribution in [2.75, 3.05) is 0 Å².